The lowest BCUT2D eigenvalue weighted by Crippen LogP contribution is -2.14. The number of nitriles is 1. The standard InChI is InChI=1S/C12H13F2NO3/c1-16-9-7-11(18-3)10(17-2)6-8(9)12(13,14)4-5-15/h6-7H,4H2,1-3H3. The molecule has 0 N–H and O–H groups in total. The van der Waals surface area contributed by atoms with E-state index < -0.39 is 17.9 Å². The molecule has 0 bridgehead atoms. The molecule has 0 fully saturated rings. The summed E-state index contributed by atoms with van der Waals surface area (Å²) in [5.74, 6) is -2.91. The molecule has 4 nitrogen and oxygen atoms in total. The lowest BCUT2D eigenvalue weighted by Gasteiger charge is -2.19. The first-order valence-electron chi connectivity index (χ1n) is 5.05. The number of hydrogen-bond acceptors (Lipinski definition) is 4. The second kappa shape index (κ2) is 5.54. The van der Waals surface area contributed by atoms with Crippen molar-refractivity contribution in [2.75, 3.05) is 21.3 Å². The summed E-state index contributed by atoms with van der Waals surface area (Å²) in [5, 5.41) is 8.43. The Balaban J connectivity index is 3.39. The summed E-state index contributed by atoms with van der Waals surface area (Å²) >= 11 is 0. The fraction of sp³-hybridized carbons (Fsp3) is 0.417. The fourth-order valence-electron chi connectivity index (χ4n) is 1.51. The Kier molecular flexibility index (Phi) is 4.32. The molecule has 0 saturated carbocycles. The average Bonchev–Trinajstić information content (AvgIpc) is 2.36. The number of nitrogens with zero attached hydrogens (tertiary/aromatic N) is 1. The lowest BCUT2D eigenvalue weighted by molar-refractivity contribution is -0.00153. The second-order valence-electron chi connectivity index (χ2n) is 3.45. The third kappa shape index (κ3) is 2.62. The molecule has 0 heterocycles. The monoisotopic (exact) mass is 257 g/mol. The summed E-state index contributed by atoms with van der Waals surface area (Å²) in [6.07, 6.45) is -0.932. The Morgan fingerprint density at radius 2 is 1.56 bits per heavy atom. The summed E-state index contributed by atoms with van der Waals surface area (Å²) in [5.41, 5.74) is -0.399. The zero-order valence-electron chi connectivity index (χ0n) is 10.3. The van der Waals surface area contributed by atoms with Crippen LogP contribution in [0.4, 0.5) is 8.78 Å². The fourth-order valence-corrected chi connectivity index (χ4v) is 1.51. The molecule has 0 unspecified atom stereocenters. The van der Waals surface area contributed by atoms with Gasteiger partial charge in [-0.2, -0.15) is 5.26 Å². The molecule has 18 heavy (non-hydrogen) atoms. The van der Waals surface area contributed by atoms with E-state index in [1.165, 1.54) is 33.5 Å². The molecule has 6 heteroatoms. The molecule has 0 aliphatic heterocycles. The first kappa shape index (κ1) is 14.0. The van der Waals surface area contributed by atoms with Crippen LogP contribution in [0.3, 0.4) is 0 Å². The van der Waals surface area contributed by atoms with Gasteiger partial charge in [0.25, 0.3) is 5.92 Å². The number of methoxy groups -OCH3 is 3. The molecule has 1 aromatic carbocycles. The van der Waals surface area contributed by atoms with E-state index in [0.717, 1.165) is 6.07 Å². The molecule has 98 valence electrons. The second-order valence-corrected chi connectivity index (χ2v) is 3.45. The predicted octanol–water partition coefficient (Wildman–Crippen LogP) is 2.72. The van der Waals surface area contributed by atoms with Crippen molar-refractivity contribution in [2.45, 2.75) is 12.3 Å². The van der Waals surface area contributed by atoms with Gasteiger partial charge in [-0.15, -0.1) is 0 Å². The maximum absolute atomic E-state index is 13.8. The predicted molar refractivity (Wildman–Crippen MR) is 60.2 cm³/mol. The van der Waals surface area contributed by atoms with Crippen molar-refractivity contribution in [1.29, 1.82) is 5.26 Å². The molecular formula is C12H13F2NO3. The summed E-state index contributed by atoms with van der Waals surface area (Å²) in [6, 6.07) is 3.87. The molecule has 1 aromatic rings. The van der Waals surface area contributed by atoms with Gasteiger partial charge in [0, 0.05) is 6.07 Å². The Morgan fingerprint density at radius 1 is 1.06 bits per heavy atom. The third-order valence-corrected chi connectivity index (χ3v) is 2.40. The molecule has 0 aliphatic carbocycles. The van der Waals surface area contributed by atoms with E-state index in [1.807, 2.05) is 0 Å². The molecule has 0 atom stereocenters. The van der Waals surface area contributed by atoms with Gasteiger partial charge in [-0.1, -0.05) is 0 Å². The minimum atomic E-state index is -3.31. The van der Waals surface area contributed by atoms with Gasteiger partial charge in [0.2, 0.25) is 0 Å². The van der Waals surface area contributed by atoms with Crippen molar-refractivity contribution in [3.05, 3.63) is 17.7 Å². The van der Waals surface area contributed by atoms with E-state index in [0.29, 0.717) is 0 Å². The van der Waals surface area contributed by atoms with Crippen molar-refractivity contribution in [2.24, 2.45) is 0 Å². The van der Waals surface area contributed by atoms with Crippen molar-refractivity contribution < 1.29 is 23.0 Å². The van der Waals surface area contributed by atoms with Crippen molar-refractivity contribution in [3.8, 4) is 23.3 Å². The van der Waals surface area contributed by atoms with Crippen LogP contribution in [0.2, 0.25) is 0 Å². The topological polar surface area (TPSA) is 51.5 Å². The van der Waals surface area contributed by atoms with Crippen molar-refractivity contribution in [1.82, 2.24) is 0 Å². The molecule has 0 amide bonds. The summed E-state index contributed by atoms with van der Waals surface area (Å²) in [7, 11) is 4.01. The maximum Gasteiger partial charge on any atom is 0.289 e. The first-order valence-corrected chi connectivity index (χ1v) is 5.05. The largest absolute Gasteiger partial charge is 0.496 e. The maximum atomic E-state index is 13.8. The van der Waals surface area contributed by atoms with Crippen LogP contribution in [-0.4, -0.2) is 21.3 Å². The number of benzene rings is 1. The minimum Gasteiger partial charge on any atom is -0.496 e. The smallest absolute Gasteiger partial charge is 0.289 e. The highest BCUT2D eigenvalue weighted by atomic mass is 19.3. The number of hydrogen-bond donors (Lipinski definition) is 0. The number of halogens is 2. The number of rotatable bonds is 5. The van der Waals surface area contributed by atoms with Gasteiger partial charge < -0.3 is 14.2 Å². The molecular weight excluding hydrogens is 244 g/mol. The molecule has 0 spiro atoms. The molecule has 0 radical (unpaired) electrons. The zero-order chi connectivity index (χ0) is 13.8. The first-order chi connectivity index (χ1) is 8.50. The number of alkyl halides is 2. The third-order valence-electron chi connectivity index (χ3n) is 2.40. The van der Waals surface area contributed by atoms with Crippen LogP contribution in [-0.2, 0) is 5.92 Å². The normalized spacial score (nSPS) is 10.7. The molecule has 0 aromatic heterocycles. The van der Waals surface area contributed by atoms with E-state index in [-0.39, 0.29) is 17.2 Å². The lowest BCUT2D eigenvalue weighted by atomic mass is 10.0. The van der Waals surface area contributed by atoms with Crippen molar-refractivity contribution >= 4 is 0 Å². The van der Waals surface area contributed by atoms with Gasteiger partial charge >= 0.3 is 0 Å². The molecule has 0 saturated heterocycles. The summed E-state index contributed by atoms with van der Waals surface area (Å²) in [6.45, 7) is 0. The van der Waals surface area contributed by atoms with Crippen LogP contribution in [0.1, 0.15) is 12.0 Å². The zero-order valence-corrected chi connectivity index (χ0v) is 10.3. The summed E-state index contributed by atoms with van der Waals surface area (Å²) < 4.78 is 42.4. The minimum absolute atomic E-state index is 0.0482. The Bertz CT molecular complexity index is 469. The Morgan fingerprint density at radius 3 is 2.00 bits per heavy atom. The van der Waals surface area contributed by atoms with E-state index in [9.17, 15) is 8.78 Å². The quantitative estimate of drug-likeness (QED) is 0.813. The highest BCUT2D eigenvalue weighted by Gasteiger charge is 2.36. The van der Waals surface area contributed by atoms with Gasteiger partial charge in [0.15, 0.2) is 11.5 Å². The van der Waals surface area contributed by atoms with Crippen LogP contribution in [0.15, 0.2) is 12.1 Å². The Labute approximate surface area is 104 Å². The van der Waals surface area contributed by atoms with Crippen LogP contribution in [0, 0.1) is 11.3 Å². The van der Waals surface area contributed by atoms with Crippen LogP contribution < -0.4 is 14.2 Å². The Hall–Kier alpha value is -2.03. The van der Waals surface area contributed by atoms with Gasteiger partial charge in [-0.05, 0) is 6.07 Å². The SMILES string of the molecule is COc1cc(OC)c(C(F)(F)CC#N)cc1OC. The average molecular weight is 257 g/mol. The van der Waals surface area contributed by atoms with E-state index in [1.54, 1.807) is 0 Å². The van der Waals surface area contributed by atoms with Gasteiger partial charge in [-0.25, -0.2) is 8.78 Å². The van der Waals surface area contributed by atoms with Crippen molar-refractivity contribution in [3.63, 3.8) is 0 Å². The highest BCUT2D eigenvalue weighted by molar-refractivity contribution is 5.52. The van der Waals surface area contributed by atoms with Crippen LogP contribution in [0.5, 0.6) is 17.2 Å². The van der Waals surface area contributed by atoms with E-state index in [4.69, 9.17) is 19.5 Å². The van der Waals surface area contributed by atoms with E-state index in [2.05, 4.69) is 0 Å². The molecule has 0 aliphatic rings. The number of ether oxygens (including phenoxy) is 3. The van der Waals surface area contributed by atoms with Crippen LogP contribution in [0.25, 0.3) is 0 Å². The van der Waals surface area contributed by atoms with Gasteiger partial charge in [-0.3, -0.25) is 0 Å². The summed E-state index contributed by atoms with van der Waals surface area (Å²) in [4.78, 5) is 0. The van der Waals surface area contributed by atoms with Gasteiger partial charge in [0.05, 0.1) is 33.0 Å². The van der Waals surface area contributed by atoms with Crippen LogP contribution >= 0.6 is 0 Å². The molecule has 1 rings (SSSR count). The van der Waals surface area contributed by atoms with E-state index >= 15 is 0 Å². The highest BCUT2D eigenvalue weighted by Crippen LogP contribution is 2.43. The van der Waals surface area contributed by atoms with Gasteiger partial charge in [0.1, 0.15) is 12.2 Å².